The molecular formula is C21H21ClF3N5O2S2. The molecule has 2 N–H and O–H groups in total. The topological polar surface area (TPSA) is 96.9 Å². The van der Waals surface area contributed by atoms with Gasteiger partial charge in [-0.2, -0.15) is 13.2 Å². The first-order chi connectivity index (χ1) is 15.8. The van der Waals surface area contributed by atoms with Gasteiger partial charge in [0.15, 0.2) is 0 Å². The number of alkyl halides is 3. The van der Waals surface area contributed by atoms with E-state index in [0.29, 0.717) is 18.4 Å². The van der Waals surface area contributed by atoms with E-state index >= 15 is 0 Å². The van der Waals surface area contributed by atoms with Gasteiger partial charge >= 0.3 is 6.18 Å². The monoisotopic (exact) mass is 531 g/mol. The summed E-state index contributed by atoms with van der Waals surface area (Å²) in [4.78, 5) is 3.96. The number of anilines is 2. The Kier molecular flexibility index (Phi) is 6.51. The maximum absolute atomic E-state index is 13.0. The van der Waals surface area contributed by atoms with E-state index in [1.165, 1.54) is 11.3 Å². The minimum atomic E-state index is -4.53. The van der Waals surface area contributed by atoms with Crippen LogP contribution in [0.2, 0.25) is 5.02 Å². The second kappa shape index (κ2) is 8.97. The van der Waals surface area contributed by atoms with Crippen molar-refractivity contribution in [3.8, 4) is 0 Å². The summed E-state index contributed by atoms with van der Waals surface area (Å²) in [6.45, 7) is 5.60. The molecule has 0 aliphatic heterocycles. The molecule has 1 aromatic carbocycles. The zero-order valence-corrected chi connectivity index (χ0v) is 20.8. The highest BCUT2D eigenvalue weighted by atomic mass is 35.5. The third-order valence-corrected chi connectivity index (χ3v) is 8.42. The molecule has 13 heteroatoms. The average Bonchev–Trinajstić information content (AvgIpc) is 3.34. The maximum atomic E-state index is 13.0. The highest BCUT2D eigenvalue weighted by Crippen LogP contribution is 2.35. The van der Waals surface area contributed by atoms with Crippen LogP contribution in [0, 0.1) is 6.92 Å². The number of rotatable bonds is 6. The molecule has 0 radical (unpaired) electrons. The quantitative estimate of drug-likeness (QED) is 0.441. The van der Waals surface area contributed by atoms with Crippen molar-refractivity contribution in [2.45, 2.75) is 56.6 Å². The first-order valence-corrected chi connectivity index (χ1v) is 13.0. The molecule has 1 unspecified atom stereocenters. The molecule has 7 nitrogen and oxygen atoms in total. The number of sulfonamides is 1. The zero-order valence-electron chi connectivity index (χ0n) is 18.4. The van der Waals surface area contributed by atoms with Crippen molar-refractivity contribution >= 4 is 43.9 Å². The molecule has 1 aliphatic rings. The lowest BCUT2D eigenvalue weighted by Crippen LogP contribution is -2.20. The molecule has 0 fully saturated rings. The summed E-state index contributed by atoms with van der Waals surface area (Å²) in [5.74, 6) is 0.283. The standard InChI is InChI=1S/C21H21ClF3N5O2S2/c1-10(2)19-28-29-20(33-19)30-34(31,32)17-7-13-6-15(5-12(13)4-11(17)3)27-18-16(22)8-14(9-26-18)21(23,24)25/h4,7-10,15H,5-6H2,1-3H3,(H,26,27)(H,29,30). The number of hydrogen-bond acceptors (Lipinski definition) is 7. The van der Waals surface area contributed by atoms with Gasteiger partial charge in [-0.05, 0) is 48.6 Å². The van der Waals surface area contributed by atoms with Gasteiger partial charge in [-0.25, -0.2) is 13.4 Å². The van der Waals surface area contributed by atoms with Crippen LogP contribution in [-0.4, -0.2) is 29.6 Å². The summed E-state index contributed by atoms with van der Waals surface area (Å²) >= 11 is 7.20. The van der Waals surface area contributed by atoms with Crippen molar-refractivity contribution in [3.05, 3.63) is 56.7 Å². The van der Waals surface area contributed by atoms with Crippen molar-refractivity contribution in [2.75, 3.05) is 10.0 Å². The first kappa shape index (κ1) is 24.7. The maximum Gasteiger partial charge on any atom is 0.417 e. The second-order valence-corrected chi connectivity index (χ2v) is 11.5. The summed E-state index contributed by atoms with van der Waals surface area (Å²) in [6, 6.07) is 4.07. The predicted molar refractivity (Wildman–Crippen MR) is 125 cm³/mol. The van der Waals surface area contributed by atoms with Crippen molar-refractivity contribution < 1.29 is 21.6 Å². The number of fused-ring (bicyclic) bond motifs is 1. The van der Waals surface area contributed by atoms with Gasteiger partial charge in [0.1, 0.15) is 10.8 Å². The molecule has 2 aromatic heterocycles. The number of nitrogens with one attached hydrogen (secondary N) is 2. The Balaban J connectivity index is 1.52. The molecule has 0 saturated heterocycles. The van der Waals surface area contributed by atoms with E-state index in [9.17, 15) is 21.6 Å². The van der Waals surface area contributed by atoms with Gasteiger partial charge in [0.05, 0.1) is 15.5 Å². The molecule has 34 heavy (non-hydrogen) atoms. The van der Waals surface area contributed by atoms with Gasteiger partial charge in [-0.15, -0.1) is 10.2 Å². The van der Waals surface area contributed by atoms with Gasteiger partial charge in [-0.3, -0.25) is 4.72 Å². The van der Waals surface area contributed by atoms with Crippen molar-refractivity contribution in [1.29, 1.82) is 0 Å². The smallest absolute Gasteiger partial charge is 0.365 e. The third-order valence-electron chi connectivity index (χ3n) is 5.38. The van der Waals surface area contributed by atoms with Crippen LogP contribution in [0.15, 0.2) is 29.3 Å². The Hall–Kier alpha value is -2.44. The SMILES string of the molecule is Cc1cc2c(cc1S(=O)(=O)Nc1nnc(C(C)C)s1)CC(Nc1ncc(C(F)(F)F)cc1Cl)C2. The van der Waals surface area contributed by atoms with Crippen LogP contribution in [0.1, 0.15) is 47.0 Å². The van der Waals surface area contributed by atoms with Gasteiger partial charge in [0.2, 0.25) is 5.13 Å². The Bertz CT molecular complexity index is 1340. The molecule has 182 valence electrons. The summed E-state index contributed by atoms with van der Waals surface area (Å²) in [5, 5.41) is 11.8. The number of hydrogen-bond donors (Lipinski definition) is 2. The normalized spacial score (nSPS) is 16.1. The molecular weight excluding hydrogens is 511 g/mol. The third kappa shape index (κ3) is 5.13. The summed E-state index contributed by atoms with van der Waals surface area (Å²) in [5.41, 5.74) is 1.43. The van der Waals surface area contributed by atoms with E-state index in [-0.39, 0.29) is 32.8 Å². The van der Waals surface area contributed by atoms with E-state index in [2.05, 4.69) is 25.2 Å². The van der Waals surface area contributed by atoms with Crippen LogP contribution >= 0.6 is 22.9 Å². The van der Waals surface area contributed by atoms with Crippen molar-refractivity contribution in [3.63, 3.8) is 0 Å². The molecule has 0 saturated carbocycles. The lowest BCUT2D eigenvalue weighted by Gasteiger charge is -2.15. The molecule has 2 heterocycles. The number of aromatic nitrogens is 3. The van der Waals surface area contributed by atoms with E-state index < -0.39 is 21.8 Å². The fourth-order valence-corrected chi connectivity index (χ4v) is 6.21. The van der Waals surface area contributed by atoms with E-state index in [1.54, 1.807) is 13.0 Å². The lowest BCUT2D eigenvalue weighted by atomic mass is 10.1. The summed E-state index contributed by atoms with van der Waals surface area (Å²) in [7, 11) is -3.88. The minimum Gasteiger partial charge on any atom is -0.365 e. The highest BCUT2D eigenvalue weighted by molar-refractivity contribution is 7.93. The number of aryl methyl sites for hydroxylation is 1. The van der Waals surface area contributed by atoms with Crippen LogP contribution in [0.25, 0.3) is 0 Å². The fraction of sp³-hybridized carbons (Fsp3) is 0.381. The average molecular weight is 532 g/mol. The molecule has 1 atom stereocenters. The van der Waals surface area contributed by atoms with Gasteiger partial charge in [-0.1, -0.05) is 42.9 Å². The minimum absolute atomic E-state index is 0.132. The molecule has 4 rings (SSSR count). The van der Waals surface area contributed by atoms with Crippen molar-refractivity contribution in [2.24, 2.45) is 0 Å². The highest BCUT2D eigenvalue weighted by Gasteiger charge is 2.32. The molecule has 1 aliphatic carbocycles. The summed E-state index contributed by atoms with van der Waals surface area (Å²) in [6.07, 6.45) is -2.78. The summed E-state index contributed by atoms with van der Waals surface area (Å²) < 4.78 is 67.1. The van der Waals surface area contributed by atoms with E-state index in [1.807, 2.05) is 19.9 Å². The van der Waals surface area contributed by atoms with Gasteiger partial charge in [0.25, 0.3) is 10.0 Å². The van der Waals surface area contributed by atoms with E-state index in [0.717, 1.165) is 28.4 Å². The number of halogens is 4. The molecule has 0 amide bonds. The zero-order chi connectivity index (χ0) is 24.8. The lowest BCUT2D eigenvalue weighted by molar-refractivity contribution is -0.137. The Morgan fingerprint density at radius 2 is 1.82 bits per heavy atom. The van der Waals surface area contributed by atoms with Gasteiger partial charge < -0.3 is 5.32 Å². The Morgan fingerprint density at radius 3 is 2.41 bits per heavy atom. The number of benzene rings is 1. The predicted octanol–water partition coefficient (Wildman–Crippen LogP) is 5.42. The molecule has 0 bridgehead atoms. The first-order valence-electron chi connectivity index (χ1n) is 10.3. The Labute approximate surface area is 203 Å². The van der Waals surface area contributed by atoms with Gasteiger partial charge in [0, 0.05) is 18.2 Å². The number of nitrogens with zero attached hydrogens (tertiary/aromatic N) is 3. The Morgan fingerprint density at radius 1 is 1.15 bits per heavy atom. The molecule has 3 aromatic rings. The van der Waals surface area contributed by atoms with Crippen molar-refractivity contribution in [1.82, 2.24) is 15.2 Å². The van der Waals surface area contributed by atoms with Crippen LogP contribution in [0.4, 0.5) is 24.1 Å². The largest absolute Gasteiger partial charge is 0.417 e. The van der Waals surface area contributed by atoms with E-state index in [4.69, 9.17) is 11.6 Å². The van der Waals surface area contributed by atoms with Crippen LogP contribution < -0.4 is 10.0 Å². The van der Waals surface area contributed by atoms with Crippen LogP contribution in [0.3, 0.4) is 0 Å². The second-order valence-electron chi connectivity index (χ2n) is 8.39. The fourth-order valence-electron chi connectivity index (χ4n) is 3.74. The van der Waals surface area contributed by atoms with Crippen LogP contribution in [-0.2, 0) is 29.0 Å². The molecule has 0 spiro atoms. The number of pyridine rings is 1. The van der Waals surface area contributed by atoms with Crippen LogP contribution in [0.5, 0.6) is 0 Å².